The van der Waals surface area contributed by atoms with Gasteiger partial charge in [0.2, 0.25) is 5.95 Å². The van der Waals surface area contributed by atoms with Crippen molar-refractivity contribution < 1.29 is 4.74 Å². The Labute approximate surface area is 186 Å². The lowest BCUT2D eigenvalue weighted by Gasteiger charge is -2.41. The summed E-state index contributed by atoms with van der Waals surface area (Å²) in [7, 11) is 0. The van der Waals surface area contributed by atoms with Crippen LogP contribution in [0.3, 0.4) is 0 Å². The van der Waals surface area contributed by atoms with Gasteiger partial charge in [-0.15, -0.1) is 0 Å². The summed E-state index contributed by atoms with van der Waals surface area (Å²) >= 11 is 6.69. The molecule has 7 nitrogen and oxygen atoms in total. The predicted molar refractivity (Wildman–Crippen MR) is 121 cm³/mol. The van der Waals surface area contributed by atoms with Gasteiger partial charge < -0.3 is 10.1 Å². The van der Waals surface area contributed by atoms with Gasteiger partial charge >= 0.3 is 0 Å². The smallest absolute Gasteiger partial charge is 0.227 e. The number of rotatable bonds is 5. The standard InChI is InChI=1S/C23H27ClN6O/c1-14-22(11-26-30(14)17-2-3-17)28-23-25-10-16-8-20(24)19(9-21(16)27-23)15-4-6-29(7-5-15)18-12-31-13-18/h8-11,15,17-18H,2-7,12-13H2,1H3,(H,25,27,28). The van der Waals surface area contributed by atoms with Crippen molar-refractivity contribution in [2.75, 3.05) is 31.6 Å². The van der Waals surface area contributed by atoms with E-state index >= 15 is 0 Å². The van der Waals surface area contributed by atoms with E-state index in [1.165, 1.54) is 18.4 Å². The van der Waals surface area contributed by atoms with Crippen molar-refractivity contribution in [2.45, 2.75) is 50.6 Å². The van der Waals surface area contributed by atoms with E-state index < -0.39 is 0 Å². The van der Waals surface area contributed by atoms with E-state index in [1.807, 2.05) is 18.5 Å². The van der Waals surface area contributed by atoms with Gasteiger partial charge in [0.05, 0.1) is 48.4 Å². The number of ether oxygens (including phenoxy) is 1. The molecule has 4 heterocycles. The van der Waals surface area contributed by atoms with E-state index in [9.17, 15) is 0 Å². The second kappa shape index (κ2) is 7.73. The van der Waals surface area contributed by atoms with Crippen molar-refractivity contribution in [3.05, 3.63) is 40.8 Å². The number of benzene rings is 1. The second-order valence-electron chi connectivity index (χ2n) is 9.07. The highest BCUT2D eigenvalue weighted by molar-refractivity contribution is 6.32. The van der Waals surface area contributed by atoms with Crippen molar-refractivity contribution in [1.82, 2.24) is 24.6 Å². The Morgan fingerprint density at radius 2 is 1.87 bits per heavy atom. The van der Waals surface area contributed by atoms with Crippen LogP contribution >= 0.6 is 11.6 Å². The highest BCUT2D eigenvalue weighted by Gasteiger charge is 2.31. The Kier molecular flexibility index (Phi) is 4.85. The van der Waals surface area contributed by atoms with Gasteiger partial charge in [0.25, 0.3) is 0 Å². The summed E-state index contributed by atoms with van der Waals surface area (Å²) in [5.74, 6) is 1.07. The first kappa shape index (κ1) is 19.5. The third kappa shape index (κ3) is 3.69. The number of nitrogens with zero attached hydrogens (tertiary/aromatic N) is 5. The summed E-state index contributed by atoms with van der Waals surface area (Å²) < 4.78 is 7.46. The number of hydrogen-bond donors (Lipinski definition) is 1. The zero-order valence-electron chi connectivity index (χ0n) is 17.7. The van der Waals surface area contributed by atoms with Crippen LogP contribution in [0.2, 0.25) is 5.02 Å². The number of likely N-dealkylation sites (tertiary alicyclic amines) is 1. The van der Waals surface area contributed by atoms with Gasteiger partial charge in [-0.3, -0.25) is 9.58 Å². The largest absolute Gasteiger partial charge is 0.378 e. The van der Waals surface area contributed by atoms with Gasteiger partial charge in [0.15, 0.2) is 0 Å². The first-order valence-corrected chi connectivity index (χ1v) is 11.6. The molecule has 0 bridgehead atoms. The zero-order valence-corrected chi connectivity index (χ0v) is 18.5. The fourth-order valence-corrected chi connectivity index (χ4v) is 5.13. The Hall–Kier alpha value is -2.22. The van der Waals surface area contributed by atoms with Gasteiger partial charge in [-0.2, -0.15) is 5.10 Å². The van der Waals surface area contributed by atoms with Crippen molar-refractivity contribution in [3.8, 4) is 0 Å². The van der Waals surface area contributed by atoms with Gasteiger partial charge in [-0.1, -0.05) is 11.6 Å². The molecule has 0 unspecified atom stereocenters. The molecule has 31 heavy (non-hydrogen) atoms. The average molecular weight is 439 g/mol. The lowest BCUT2D eigenvalue weighted by molar-refractivity contribution is -0.0712. The number of hydrogen-bond acceptors (Lipinski definition) is 6. The molecule has 2 aliphatic heterocycles. The van der Waals surface area contributed by atoms with Crippen molar-refractivity contribution in [1.29, 1.82) is 0 Å². The number of fused-ring (bicyclic) bond motifs is 1. The molecule has 0 atom stereocenters. The molecule has 2 aromatic heterocycles. The predicted octanol–water partition coefficient (Wildman–Crippen LogP) is 4.44. The van der Waals surface area contributed by atoms with Crippen LogP contribution < -0.4 is 5.32 Å². The molecule has 3 fully saturated rings. The normalized spacial score (nSPS) is 20.8. The van der Waals surface area contributed by atoms with E-state index in [0.29, 0.717) is 23.9 Å². The lowest BCUT2D eigenvalue weighted by Crippen LogP contribution is -2.51. The number of piperidine rings is 1. The number of nitrogens with one attached hydrogen (secondary N) is 1. The number of anilines is 2. The Morgan fingerprint density at radius 1 is 1.06 bits per heavy atom. The van der Waals surface area contributed by atoms with E-state index in [0.717, 1.165) is 66.5 Å². The minimum Gasteiger partial charge on any atom is -0.378 e. The molecule has 1 aromatic carbocycles. The fraction of sp³-hybridized carbons (Fsp3) is 0.522. The Bertz CT molecular complexity index is 1110. The molecular weight excluding hydrogens is 412 g/mol. The molecule has 1 saturated carbocycles. The summed E-state index contributed by atoms with van der Waals surface area (Å²) in [5.41, 5.74) is 4.24. The van der Waals surface area contributed by atoms with E-state index in [2.05, 4.69) is 38.0 Å². The molecule has 0 radical (unpaired) electrons. The minimum absolute atomic E-state index is 0.472. The molecule has 162 valence electrons. The number of aromatic nitrogens is 4. The quantitative estimate of drug-likeness (QED) is 0.635. The first-order valence-electron chi connectivity index (χ1n) is 11.2. The zero-order chi connectivity index (χ0) is 20.9. The molecule has 1 N–H and O–H groups in total. The van der Waals surface area contributed by atoms with Gasteiger partial charge in [-0.25, -0.2) is 9.97 Å². The molecule has 3 aliphatic rings. The van der Waals surface area contributed by atoms with Gasteiger partial charge in [0, 0.05) is 16.6 Å². The topological polar surface area (TPSA) is 68.1 Å². The summed E-state index contributed by atoms with van der Waals surface area (Å²) in [5, 5.41) is 9.67. The van der Waals surface area contributed by atoms with E-state index in [1.54, 1.807) is 0 Å². The van der Waals surface area contributed by atoms with E-state index in [4.69, 9.17) is 21.3 Å². The van der Waals surface area contributed by atoms with Crippen LogP contribution in [0.5, 0.6) is 0 Å². The fourth-order valence-electron chi connectivity index (χ4n) is 4.80. The SMILES string of the molecule is Cc1c(Nc2ncc3cc(Cl)c(C4CCN(C5COC5)CC4)cc3n2)cnn1C1CC1. The third-order valence-corrected chi connectivity index (χ3v) is 7.32. The van der Waals surface area contributed by atoms with Gasteiger partial charge in [0.1, 0.15) is 0 Å². The molecule has 3 aromatic rings. The van der Waals surface area contributed by atoms with E-state index in [-0.39, 0.29) is 0 Å². The summed E-state index contributed by atoms with van der Waals surface area (Å²) in [6.07, 6.45) is 8.39. The van der Waals surface area contributed by atoms with Crippen LogP contribution in [0.25, 0.3) is 10.9 Å². The van der Waals surface area contributed by atoms with Crippen molar-refractivity contribution in [3.63, 3.8) is 0 Å². The molecule has 1 aliphatic carbocycles. The molecule has 8 heteroatoms. The highest BCUT2D eigenvalue weighted by Crippen LogP contribution is 2.38. The molecule has 0 spiro atoms. The summed E-state index contributed by atoms with van der Waals surface area (Å²) in [6, 6.07) is 5.35. The average Bonchev–Trinajstić information content (AvgIpc) is 3.51. The maximum atomic E-state index is 6.69. The Morgan fingerprint density at radius 3 is 2.58 bits per heavy atom. The highest BCUT2D eigenvalue weighted by atomic mass is 35.5. The van der Waals surface area contributed by atoms with Crippen molar-refractivity contribution >= 4 is 34.1 Å². The summed E-state index contributed by atoms with van der Waals surface area (Å²) in [4.78, 5) is 11.9. The number of halogens is 1. The van der Waals surface area contributed by atoms with Crippen molar-refractivity contribution in [2.24, 2.45) is 0 Å². The van der Waals surface area contributed by atoms with Gasteiger partial charge in [-0.05, 0) is 69.3 Å². The first-order chi connectivity index (χ1) is 15.2. The van der Waals surface area contributed by atoms with Crippen LogP contribution in [0, 0.1) is 6.92 Å². The summed E-state index contributed by atoms with van der Waals surface area (Å²) in [6.45, 7) is 6.07. The van der Waals surface area contributed by atoms with Crippen LogP contribution in [0.1, 0.15) is 48.9 Å². The minimum atomic E-state index is 0.472. The lowest BCUT2D eigenvalue weighted by atomic mass is 9.88. The molecule has 6 rings (SSSR count). The van der Waals surface area contributed by atoms with Crippen LogP contribution in [-0.4, -0.2) is 57.0 Å². The maximum Gasteiger partial charge on any atom is 0.227 e. The van der Waals surface area contributed by atoms with Crippen LogP contribution in [-0.2, 0) is 4.74 Å². The molecule has 2 saturated heterocycles. The van der Waals surface area contributed by atoms with Crippen LogP contribution in [0.15, 0.2) is 24.5 Å². The molecular formula is C23H27ClN6O. The van der Waals surface area contributed by atoms with Crippen LogP contribution in [0.4, 0.5) is 11.6 Å². The maximum absolute atomic E-state index is 6.69. The Balaban J connectivity index is 1.23. The second-order valence-corrected chi connectivity index (χ2v) is 9.48. The third-order valence-electron chi connectivity index (χ3n) is 6.99. The monoisotopic (exact) mass is 438 g/mol. The molecule has 0 amide bonds.